The minimum atomic E-state index is -0.236. The average molecular weight is 285 g/mol. The van der Waals surface area contributed by atoms with Gasteiger partial charge in [0.15, 0.2) is 0 Å². The van der Waals surface area contributed by atoms with Crippen molar-refractivity contribution < 1.29 is 9.59 Å². The maximum Gasteiger partial charge on any atom is 0.243 e. The van der Waals surface area contributed by atoms with E-state index in [-0.39, 0.29) is 18.4 Å². The highest BCUT2D eigenvalue weighted by Crippen LogP contribution is 2.19. The van der Waals surface area contributed by atoms with Crippen molar-refractivity contribution in [1.82, 2.24) is 5.32 Å². The summed E-state index contributed by atoms with van der Waals surface area (Å²) in [7, 11) is 0. The Bertz CT molecular complexity index is 418. The zero-order chi connectivity index (χ0) is 12.1. The lowest BCUT2D eigenvalue weighted by Crippen LogP contribution is -2.31. The van der Waals surface area contributed by atoms with Crippen molar-refractivity contribution in [3.8, 4) is 0 Å². The third kappa shape index (κ3) is 4.02. The van der Waals surface area contributed by atoms with Crippen LogP contribution >= 0.6 is 15.9 Å². The molecule has 0 aliphatic carbocycles. The first-order valence-corrected chi connectivity index (χ1v) is 5.59. The van der Waals surface area contributed by atoms with Crippen LogP contribution in [0.25, 0.3) is 0 Å². The molecule has 2 N–H and O–H groups in total. The Morgan fingerprint density at radius 1 is 1.38 bits per heavy atom. The Kier molecular flexibility index (Phi) is 4.49. The Morgan fingerprint density at radius 2 is 2.06 bits per heavy atom. The third-order valence-electron chi connectivity index (χ3n) is 1.96. The van der Waals surface area contributed by atoms with Crippen LogP contribution in [-0.2, 0) is 9.59 Å². The number of hydrogen-bond donors (Lipinski definition) is 2. The third-order valence-corrected chi connectivity index (χ3v) is 2.45. The summed E-state index contributed by atoms with van der Waals surface area (Å²) in [5.41, 5.74) is 1.71. The summed E-state index contributed by atoms with van der Waals surface area (Å²) in [4.78, 5) is 22.0. The van der Waals surface area contributed by atoms with Crippen LogP contribution < -0.4 is 10.6 Å². The second kappa shape index (κ2) is 5.65. The highest BCUT2D eigenvalue weighted by atomic mass is 79.9. The number of hydrogen-bond acceptors (Lipinski definition) is 2. The minimum Gasteiger partial charge on any atom is -0.347 e. The predicted molar refractivity (Wildman–Crippen MR) is 66.2 cm³/mol. The molecule has 1 rings (SSSR count). The van der Waals surface area contributed by atoms with E-state index in [1.807, 2.05) is 25.1 Å². The number of nitrogens with one attached hydrogen (secondary N) is 2. The molecule has 0 aliphatic heterocycles. The van der Waals surface area contributed by atoms with Gasteiger partial charge in [0.1, 0.15) is 0 Å². The van der Waals surface area contributed by atoms with E-state index in [0.717, 1.165) is 15.7 Å². The highest BCUT2D eigenvalue weighted by molar-refractivity contribution is 9.10. The number of amides is 2. The van der Waals surface area contributed by atoms with Gasteiger partial charge < -0.3 is 10.6 Å². The molecule has 1 aromatic carbocycles. The molecule has 0 spiro atoms. The van der Waals surface area contributed by atoms with Gasteiger partial charge in [0.2, 0.25) is 11.8 Å². The molecule has 0 aromatic heterocycles. The minimum absolute atomic E-state index is 0.00909. The number of benzene rings is 1. The van der Waals surface area contributed by atoms with Crippen molar-refractivity contribution >= 4 is 33.4 Å². The normalized spacial score (nSPS) is 9.69. The number of rotatable bonds is 3. The molecular weight excluding hydrogens is 272 g/mol. The van der Waals surface area contributed by atoms with E-state index in [0.29, 0.717) is 0 Å². The van der Waals surface area contributed by atoms with Crippen LogP contribution in [0.4, 0.5) is 5.69 Å². The molecule has 4 nitrogen and oxygen atoms in total. The standard InChI is InChI=1S/C11H13BrN2O2/c1-7-5-9(12)3-4-10(7)14-11(16)6-13-8(2)15/h3-5H,6H2,1-2H3,(H,13,15)(H,14,16). The van der Waals surface area contributed by atoms with Crippen molar-refractivity contribution in [3.05, 3.63) is 28.2 Å². The SMILES string of the molecule is CC(=O)NCC(=O)Nc1ccc(Br)cc1C. The highest BCUT2D eigenvalue weighted by Gasteiger charge is 2.05. The maximum atomic E-state index is 11.4. The van der Waals surface area contributed by atoms with Crippen molar-refractivity contribution in [3.63, 3.8) is 0 Å². The zero-order valence-corrected chi connectivity index (χ0v) is 10.7. The topological polar surface area (TPSA) is 58.2 Å². The fraction of sp³-hybridized carbons (Fsp3) is 0.273. The summed E-state index contributed by atoms with van der Waals surface area (Å²) in [6, 6.07) is 5.57. The van der Waals surface area contributed by atoms with Crippen LogP contribution in [0.5, 0.6) is 0 Å². The van der Waals surface area contributed by atoms with Crippen LogP contribution in [0.15, 0.2) is 22.7 Å². The first-order chi connectivity index (χ1) is 7.49. The van der Waals surface area contributed by atoms with Gasteiger partial charge in [0.25, 0.3) is 0 Å². The lowest BCUT2D eigenvalue weighted by atomic mass is 10.2. The Hall–Kier alpha value is -1.36. The van der Waals surface area contributed by atoms with E-state index in [1.54, 1.807) is 0 Å². The van der Waals surface area contributed by atoms with Crippen LogP contribution in [0.3, 0.4) is 0 Å². The van der Waals surface area contributed by atoms with Crippen LogP contribution in [0.1, 0.15) is 12.5 Å². The van der Waals surface area contributed by atoms with Crippen molar-refractivity contribution in [2.45, 2.75) is 13.8 Å². The summed E-state index contributed by atoms with van der Waals surface area (Å²) in [5, 5.41) is 5.15. The summed E-state index contributed by atoms with van der Waals surface area (Å²) >= 11 is 3.34. The number of carbonyl (C=O) groups is 2. The van der Waals surface area contributed by atoms with Crippen LogP contribution in [0.2, 0.25) is 0 Å². The van der Waals surface area contributed by atoms with Gasteiger partial charge in [-0.05, 0) is 30.7 Å². The molecule has 0 saturated carbocycles. The van der Waals surface area contributed by atoms with Gasteiger partial charge in [0.05, 0.1) is 6.54 Å². The molecule has 2 amide bonds. The van der Waals surface area contributed by atoms with Crippen molar-refractivity contribution in [1.29, 1.82) is 0 Å². The molecule has 0 heterocycles. The molecule has 0 atom stereocenters. The van der Waals surface area contributed by atoms with Crippen LogP contribution in [0, 0.1) is 6.92 Å². The molecule has 0 radical (unpaired) electrons. The second-order valence-electron chi connectivity index (χ2n) is 3.42. The van der Waals surface area contributed by atoms with E-state index < -0.39 is 0 Å². The quantitative estimate of drug-likeness (QED) is 0.890. The molecule has 86 valence electrons. The molecule has 0 saturated heterocycles. The molecule has 1 aromatic rings. The molecule has 5 heteroatoms. The summed E-state index contributed by atoms with van der Waals surface area (Å²) in [6.45, 7) is 3.27. The van der Waals surface area contributed by atoms with Crippen molar-refractivity contribution in [2.75, 3.05) is 11.9 Å². The number of carbonyl (C=O) groups excluding carboxylic acids is 2. The molecular formula is C11H13BrN2O2. The fourth-order valence-corrected chi connectivity index (χ4v) is 1.64. The molecule has 0 bridgehead atoms. The summed E-state index contributed by atoms with van der Waals surface area (Å²) < 4.78 is 0.963. The Balaban J connectivity index is 2.59. The van der Waals surface area contributed by atoms with Gasteiger partial charge >= 0.3 is 0 Å². The average Bonchev–Trinajstić information content (AvgIpc) is 2.19. The van der Waals surface area contributed by atoms with Gasteiger partial charge in [-0.3, -0.25) is 9.59 Å². The smallest absolute Gasteiger partial charge is 0.243 e. The van der Waals surface area contributed by atoms with Crippen LogP contribution in [-0.4, -0.2) is 18.4 Å². The van der Waals surface area contributed by atoms with Gasteiger partial charge in [-0.15, -0.1) is 0 Å². The maximum absolute atomic E-state index is 11.4. The Morgan fingerprint density at radius 3 is 2.62 bits per heavy atom. The van der Waals surface area contributed by atoms with E-state index in [4.69, 9.17) is 0 Å². The predicted octanol–water partition coefficient (Wildman–Crippen LogP) is 1.83. The Labute approximate surface area is 103 Å². The second-order valence-corrected chi connectivity index (χ2v) is 4.33. The van der Waals surface area contributed by atoms with Gasteiger partial charge in [-0.2, -0.15) is 0 Å². The molecule has 0 unspecified atom stereocenters. The zero-order valence-electron chi connectivity index (χ0n) is 9.13. The number of anilines is 1. The van der Waals surface area contributed by atoms with E-state index >= 15 is 0 Å². The monoisotopic (exact) mass is 284 g/mol. The fourth-order valence-electron chi connectivity index (χ4n) is 1.17. The first kappa shape index (κ1) is 12.7. The number of halogens is 1. The van der Waals surface area contributed by atoms with Gasteiger partial charge in [-0.1, -0.05) is 15.9 Å². The lowest BCUT2D eigenvalue weighted by Gasteiger charge is -2.08. The summed E-state index contributed by atoms with van der Waals surface area (Å²) in [6.07, 6.45) is 0. The number of aryl methyl sites for hydroxylation is 1. The molecule has 16 heavy (non-hydrogen) atoms. The van der Waals surface area contributed by atoms with Gasteiger partial charge in [0, 0.05) is 17.1 Å². The lowest BCUT2D eigenvalue weighted by molar-refractivity contribution is -0.122. The van der Waals surface area contributed by atoms with Crippen molar-refractivity contribution in [2.24, 2.45) is 0 Å². The van der Waals surface area contributed by atoms with Gasteiger partial charge in [-0.25, -0.2) is 0 Å². The molecule has 0 fully saturated rings. The summed E-state index contributed by atoms with van der Waals surface area (Å²) in [5.74, 6) is -0.455. The first-order valence-electron chi connectivity index (χ1n) is 4.79. The largest absolute Gasteiger partial charge is 0.347 e. The van der Waals surface area contributed by atoms with E-state index in [2.05, 4.69) is 26.6 Å². The van der Waals surface area contributed by atoms with E-state index in [9.17, 15) is 9.59 Å². The van der Waals surface area contributed by atoms with E-state index in [1.165, 1.54) is 6.92 Å². The molecule has 0 aliphatic rings.